The van der Waals surface area contributed by atoms with Crippen LogP contribution in [0.3, 0.4) is 0 Å². The van der Waals surface area contributed by atoms with E-state index < -0.39 is 147 Å². The van der Waals surface area contributed by atoms with Crippen LogP contribution < -0.4 is 27.0 Å². The molecule has 0 aliphatic heterocycles. The number of carbonyl (C=O) groups is 10. The van der Waals surface area contributed by atoms with Crippen LogP contribution in [0, 0.1) is 0 Å². The van der Waals surface area contributed by atoms with Crippen molar-refractivity contribution in [3.8, 4) is 0 Å². The molecular formula is C25H37N5O16. The van der Waals surface area contributed by atoms with Crippen LogP contribution in [0.1, 0.15) is 64.2 Å². The normalized spacial score (nSPS) is 13.8. The second kappa shape index (κ2) is 20.6. The first-order chi connectivity index (χ1) is 21.3. The average Bonchev–Trinajstić information content (AvgIpc) is 2.94. The van der Waals surface area contributed by atoms with Crippen LogP contribution >= 0.6 is 0 Å². The minimum absolute atomic E-state index is 0.350. The van der Waals surface area contributed by atoms with Gasteiger partial charge < -0.3 is 57.6 Å². The molecule has 0 aromatic heterocycles. The molecule has 5 atom stereocenters. The molecule has 12 N–H and O–H groups in total. The molecule has 0 aliphatic rings. The number of hydrogen-bond acceptors (Lipinski definition) is 11. The molecule has 0 rings (SSSR count). The molecule has 0 fully saturated rings. The first-order valence-electron chi connectivity index (χ1n) is 13.6. The van der Waals surface area contributed by atoms with Gasteiger partial charge in [-0.15, -0.1) is 0 Å². The third kappa shape index (κ3) is 17.7. The summed E-state index contributed by atoms with van der Waals surface area (Å²) in [4.78, 5) is 118. The first-order valence-corrected chi connectivity index (χ1v) is 13.6. The van der Waals surface area contributed by atoms with Gasteiger partial charge in [0.2, 0.25) is 23.6 Å². The first kappa shape index (κ1) is 40.7. The molecule has 21 heteroatoms. The lowest BCUT2D eigenvalue weighted by Crippen LogP contribution is -2.58. The quantitative estimate of drug-likeness (QED) is 0.0480. The zero-order valence-corrected chi connectivity index (χ0v) is 24.3. The molecule has 0 radical (unpaired) electrons. The van der Waals surface area contributed by atoms with Gasteiger partial charge in [-0.05, 0) is 32.1 Å². The summed E-state index contributed by atoms with van der Waals surface area (Å²) in [5, 5.41) is 62.4. The van der Waals surface area contributed by atoms with Gasteiger partial charge in [0.05, 0.1) is 6.04 Å². The van der Waals surface area contributed by atoms with E-state index in [1.165, 1.54) is 0 Å². The summed E-state index contributed by atoms with van der Waals surface area (Å²) in [6.45, 7) is 0. The van der Waals surface area contributed by atoms with Gasteiger partial charge in [-0.25, -0.2) is 4.79 Å². The van der Waals surface area contributed by atoms with Crippen LogP contribution in [0.25, 0.3) is 0 Å². The van der Waals surface area contributed by atoms with Crippen molar-refractivity contribution in [3.63, 3.8) is 0 Å². The molecule has 0 aliphatic carbocycles. The molecule has 0 spiro atoms. The Bertz CT molecular complexity index is 1180. The van der Waals surface area contributed by atoms with Gasteiger partial charge in [-0.2, -0.15) is 0 Å². The fourth-order valence-corrected chi connectivity index (χ4v) is 3.64. The number of aliphatic carboxylic acids is 6. The van der Waals surface area contributed by atoms with Crippen molar-refractivity contribution in [3.05, 3.63) is 0 Å². The molecule has 0 saturated heterocycles. The van der Waals surface area contributed by atoms with Gasteiger partial charge in [-0.1, -0.05) is 0 Å². The van der Waals surface area contributed by atoms with Crippen LogP contribution in [-0.4, -0.2) is 120 Å². The number of carboxylic acids is 6. The zero-order valence-electron chi connectivity index (χ0n) is 24.3. The van der Waals surface area contributed by atoms with E-state index in [4.69, 9.17) is 31.3 Å². The van der Waals surface area contributed by atoms with Crippen molar-refractivity contribution in [1.82, 2.24) is 21.3 Å². The summed E-state index contributed by atoms with van der Waals surface area (Å²) < 4.78 is 0. The molecule has 0 heterocycles. The fraction of sp³-hybridized carbons (Fsp3) is 0.600. The Morgan fingerprint density at radius 2 is 0.630 bits per heavy atom. The Hall–Kier alpha value is -5.34. The molecule has 0 aromatic rings. The SMILES string of the molecule is N[C@H](CCC(=O)O)C(=O)NC(CCC(=O)O)C(=O)N[C@H](CCC(=O)O)C(=O)N[C@H](CCC(=O)O)C(=O)N[C@H](CCC(=O)O)C(=O)O. The average molecular weight is 664 g/mol. The molecule has 21 nitrogen and oxygen atoms in total. The molecular weight excluding hydrogens is 626 g/mol. The lowest BCUT2D eigenvalue weighted by molar-refractivity contribution is -0.144. The standard InChI is InChI=1S/C25H37N5O16/c26-11(1-6-16(31)32)21(41)27-12(2-7-17(33)34)22(42)28-13(3-8-18(35)36)23(43)29-14(4-9-19(37)38)24(44)30-15(25(45)46)5-10-20(39)40/h11-15H,1-10,26H2,(H,27,41)(H,28,42)(H,29,43)(H,30,44)(H,31,32)(H,33,34)(H,35,36)(H,37,38)(H,39,40)(H,45,46)/t11-,12?,13-,14-,15-/m1/s1. The van der Waals surface area contributed by atoms with Crippen molar-refractivity contribution in [1.29, 1.82) is 0 Å². The Balaban J connectivity index is 6.07. The Labute approximate surface area is 259 Å². The van der Waals surface area contributed by atoms with Gasteiger partial charge in [0.15, 0.2) is 0 Å². The Kier molecular flexibility index (Phi) is 18.2. The molecule has 0 aromatic carbocycles. The van der Waals surface area contributed by atoms with E-state index in [2.05, 4.69) is 16.0 Å². The number of carboxylic acid groups (broad SMARTS) is 6. The second-order valence-corrected chi connectivity index (χ2v) is 9.85. The molecule has 0 saturated carbocycles. The Morgan fingerprint density at radius 3 is 0.913 bits per heavy atom. The minimum atomic E-state index is -1.78. The summed E-state index contributed by atoms with van der Waals surface area (Å²) in [5.74, 6) is -13.3. The second-order valence-electron chi connectivity index (χ2n) is 9.85. The number of hydrogen-bond donors (Lipinski definition) is 11. The lowest BCUT2D eigenvalue weighted by atomic mass is 10.0. The molecule has 1 unspecified atom stereocenters. The largest absolute Gasteiger partial charge is 0.481 e. The van der Waals surface area contributed by atoms with E-state index in [0.29, 0.717) is 0 Å². The number of nitrogens with one attached hydrogen (secondary N) is 4. The molecule has 258 valence electrons. The summed E-state index contributed by atoms with van der Waals surface area (Å²) in [6, 6.07) is -8.40. The minimum Gasteiger partial charge on any atom is -0.481 e. The summed E-state index contributed by atoms with van der Waals surface area (Å²) in [5.41, 5.74) is 5.62. The fourth-order valence-electron chi connectivity index (χ4n) is 3.64. The van der Waals surface area contributed by atoms with E-state index >= 15 is 0 Å². The maximum Gasteiger partial charge on any atom is 0.326 e. The highest BCUT2D eigenvalue weighted by molar-refractivity contribution is 5.96. The van der Waals surface area contributed by atoms with Crippen molar-refractivity contribution in [2.75, 3.05) is 0 Å². The Morgan fingerprint density at radius 1 is 0.391 bits per heavy atom. The van der Waals surface area contributed by atoms with Gasteiger partial charge >= 0.3 is 35.8 Å². The maximum atomic E-state index is 13.2. The van der Waals surface area contributed by atoms with Crippen LogP contribution in [-0.2, 0) is 47.9 Å². The summed E-state index contributed by atoms with van der Waals surface area (Å²) >= 11 is 0. The highest BCUT2D eigenvalue weighted by Crippen LogP contribution is 2.08. The number of carbonyl (C=O) groups excluding carboxylic acids is 4. The zero-order chi connectivity index (χ0) is 35.6. The maximum absolute atomic E-state index is 13.2. The third-order valence-electron chi connectivity index (χ3n) is 6.11. The molecule has 46 heavy (non-hydrogen) atoms. The highest BCUT2D eigenvalue weighted by Gasteiger charge is 2.32. The smallest absolute Gasteiger partial charge is 0.326 e. The van der Waals surface area contributed by atoms with Crippen LogP contribution in [0.4, 0.5) is 0 Å². The van der Waals surface area contributed by atoms with Crippen molar-refractivity contribution in [2.24, 2.45) is 5.73 Å². The monoisotopic (exact) mass is 663 g/mol. The predicted octanol–water partition coefficient (Wildman–Crippen LogP) is -3.34. The van der Waals surface area contributed by atoms with Gasteiger partial charge in [0.1, 0.15) is 24.2 Å². The topological polar surface area (TPSA) is 366 Å². The van der Waals surface area contributed by atoms with Crippen molar-refractivity contribution >= 4 is 59.4 Å². The number of rotatable bonds is 24. The van der Waals surface area contributed by atoms with Gasteiger partial charge in [-0.3, -0.25) is 43.2 Å². The van der Waals surface area contributed by atoms with E-state index in [1.807, 2.05) is 5.32 Å². The predicted molar refractivity (Wildman–Crippen MR) is 148 cm³/mol. The summed E-state index contributed by atoms with van der Waals surface area (Å²) in [6.07, 6.45) is -6.07. The molecule has 0 bridgehead atoms. The third-order valence-corrected chi connectivity index (χ3v) is 6.11. The lowest BCUT2D eigenvalue weighted by Gasteiger charge is -2.26. The number of nitrogens with two attached hydrogens (primary N) is 1. The van der Waals surface area contributed by atoms with Crippen LogP contribution in [0.15, 0.2) is 0 Å². The van der Waals surface area contributed by atoms with E-state index in [9.17, 15) is 53.1 Å². The van der Waals surface area contributed by atoms with Gasteiger partial charge in [0.25, 0.3) is 0 Å². The van der Waals surface area contributed by atoms with E-state index in [1.54, 1.807) is 0 Å². The van der Waals surface area contributed by atoms with Crippen molar-refractivity contribution < 1.29 is 78.6 Å². The summed E-state index contributed by atoms with van der Waals surface area (Å²) in [7, 11) is 0. The number of amides is 4. The van der Waals surface area contributed by atoms with Crippen LogP contribution in [0.2, 0.25) is 0 Å². The van der Waals surface area contributed by atoms with Crippen molar-refractivity contribution in [2.45, 2.75) is 94.4 Å². The van der Waals surface area contributed by atoms with E-state index in [0.717, 1.165) is 0 Å². The van der Waals surface area contributed by atoms with E-state index in [-0.39, 0.29) is 6.42 Å². The van der Waals surface area contributed by atoms with Gasteiger partial charge in [0, 0.05) is 32.1 Å². The highest BCUT2D eigenvalue weighted by atomic mass is 16.4. The molecule has 4 amide bonds. The van der Waals surface area contributed by atoms with Crippen LogP contribution in [0.5, 0.6) is 0 Å².